The molecule has 0 radical (unpaired) electrons. The first kappa shape index (κ1) is 7.72. The highest BCUT2D eigenvalue weighted by Gasteiger charge is 1.96. The third-order valence-corrected chi connectivity index (χ3v) is 1.87. The minimum absolute atomic E-state index is 0.471. The lowest BCUT2D eigenvalue weighted by Gasteiger charge is -1.97. The van der Waals surface area contributed by atoms with Crippen molar-refractivity contribution in [2.75, 3.05) is 5.73 Å². The van der Waals surface area contributed by atoms with Crippen molar-refractivity contribution in [1.82, 2.24) is 0 Å². The Balaban J connectivity index is 3.04. The number of hydrogen-bond donors (Lipinski definition) is 2. The Kier molecular flexibility index (Phi) is 2.43. The molecule has 54 valence electrons. The molecule has 3 N–H and O–H groups in total. The summed E-state index contributed by atoms with van der Waals surface area (Å²) in [7, 11) is 0. The van der Waals surface area contributed by atoms with Crippen LogP contribution < -0.4 is 5.73 Å². The zero-order chi connectivity index (χ0) is 7.56. The van der Waals surface area contributed by atoms with Crippen molar-refractivity contribution in [1.29, 1.82) is 0 Å². The monoisotopic (exact) mass is 175 g/mol. The van der Waals surface area contributed by atoms with Crippen LogP contribution in [0.15, 0.2) is 23.1 Å². The molecule has 0 bridgehead atoms. The lowest BCUT2D eigenvalue weighted by atomic mass is 10.3. The van der Waals surface area contributed by atoms with Gasteiger partial charge < -0.3 is 10.3 Å². The van der Waals surface area contributed by atoms with Gasteiger partial charge in [-0.05, 0) is 18.2 Å². The van der Waals surface area contributed by atoms with Crippen LogP contribution in [0.1, 0.15) is 0 Å². The molecule has 0 aliphatic rings. The molecule has 0 aromatic heterocycles. The second kappa shape index (κ2) is 3.14. The molecule has 0 amide bonds. The van der Waals surface area contributed by atoms with Crippen LogP contribution in [-0.4, -0.2) is 4.55 Å². The Morgan fingerprint density at radius 3 is 2.70 bits per heavy atom. The van der Waals surface area contributed by atoms with Gasteiger partial charge in [0.25, 0.3) is 0 Å². The summed E-state index contributed by atoms with van der Waals surface area (Å²) < 4.78 is 8.57. The lowest BCUT2D eigenvalue weighted by Crippen LogP contribution is -1.84. The van der Waals surface area contributed by atoms with Crippen molar-refractivity contribution in [3.8, 4) is 0 Å². The van der Waals surface area contributed by atoms with Crippen LogP contribution in [0.5, 0.6) is 0 Å². The number of benzene rings is 1. The average Bonchev–Trinajstić information content (AvgIpc) is 1.95. The first-order valence-electron chi connectivity index (χ1n) is 2.60. The highest BCUT2D eigenvalue weighted by Crippen LogP contribution is 2.24. The summed E-state index contributed by atoms with van der Waals surface area (Å²) in [6.07, 6.45) is 0. The fourth-order valence-electron chi connectivity index (χ4n) is 0.565. The van der Waals surface area contributed by atoms with Crippen LogP contribution in [0.25, 0.3) is 0 Å². The number of nitrogen functional groups attached to an aromatic ring is 1. The normalized spacial score (nSPS) is 9.80. The van der Waals surface area contributed by atoms with Gasteiger partial charge in [0.1, 0.15) is 0 Å². The van der Waals surface area contributed by atoms with E-state index in [2.05, 4.69) is 0 Å². The van der Waals surface area contributed by atoms with Gasteiger partial charge >= 0.3 is 0 Å². The van der Waals surface area contributed by atoms with Crippen molar-refractivity contribution in [2.24, 2.45) is 0 Å². The second-order valence-electron chi connectivity index (χ2n) is 1.77. The van der Waals surface area contributed by atoms with Gasteiger partial charge in [-0.3, -0.25) is 0 Å². The summed E-state index contributed by atoms with van der Waals surface area (Å²) in [6.45, 7) is 0. The van der Waals surface area contributed by atoms with Crippen molar-refractivity contribution in [2.45, 2.75) is 4.90 Å². The quantitative estimate of drug-likeness (QED) is 0.509. The minimum Gasteiger partial charge on any atom is -0.398 e. The maximum Gasteiger partial charge on any atom is 0.0647 e. The third kappa shape index (κ3) is 1.56. The highest BCUT2D eigenvalue weighted by molar-refractivity contribution is 7.93. The maximum atomic E-state index is 8.57. The Bertz CT molecular complexity index is 241. The zero-order valence-electron chi connectivity index (χ0n) is 5.04. The molecule has 4 heteroatoms. The van der Waals surface area contributed by atoms with Gasteiger partial charge in [0.05, 0.1) is 10.7 Å². The molecule has 1 aromatic rings. The predicted octanol–water partition coefficient (Wildman–Crippen LogP) is 2.49. The number of hydrogen-bond acceptors (Lipinski definition) is 3. The van der Waals surface area contributed by atoms with Gasteiger partial charge in [0, 0.05) is 16.9 Å². The highest BCUT2D eigenvalue weighted by atomic mass is 35.5. The van der Waals surface area contributed by atoms with E-state index in [1.165, 1.54) is 0 Å². The van der Waals surface area contributed by atoms with E-state index >= 15 is 0 Å². The summed E-state index contributed by atoms with van der Waals surface area (Å²) in [4.78, 5) is 0.694. The van der Waals surface area contributed by atoms with E-state index in [4.69, 9.17) is 21.9 Å². The molecule has 0 unspecified atom stereocenters. The zero-order valence-corrected chi connectivity index (χ0v) is 6.62. The van der Waals surface area contributed by atoms with Crippen molar-refractivity contribution in [3.05, 3.63) is 23.2 Å². The molecule has 0 spiro atoms. The SMILES string of the molecule is Nc1ccc(SO)cc1Cl. The van der Waals surface area contributed by atoms with Crippen LogP contribution >= 0.6 is 23.6 Å². The number of anilines is 1. The Labute approximate surface area is 68.2 Å². The summed E-state index contributed by atoms with van der Waals surface area (Å²) in [5.41, 5.74) is 5.95. The fraction of sp³-hybridized carbons (Fsp3) is 0. The van der Waals surface area contributed by atoms with E-state index in [0.717, 1.165) is 0 Å². The molecule has 1 aromatic carbocycles. The topological polar surface area (TPSA) is 46.2 Å². The van der Waals surface area contributed by atoms with Crippen LogP contribution in [-0.2, 0) is 0 Å². The van der Waals surface area contributed by atoms with Crippen LogP contribution in [0.2, 0.25) is 5.02 Å². The van der Waals surface area contributed by atoms with Crippen molar-refractivity contribution >= 4 is 29.3 Å². The summed E-state index contributed by atoms with van der Waals surface area (Å²) in [6, 6.07) is 4.97. The van der Waals surface area contributed by atoms with E-state index in [-0.39, 0.29) is 0 Å². The molecule has 0 heterocycles. The molecule has 10 heavy (non-hydrogen) atoms. The molecule has 0 saturated carbocycles. The van der Waals surface area contributed by atoms with E-state index in [1.807, 2.05) is 0 Å². The smallest absolute Gasteiger partial charge is 0.0647 e. The summed E-state index contributed by atoms with van der Waals surface area (Å²) in [5.74, 6) is 0. The van der Waals surface area contributed by atoms with Gasteiger partial charge in [-0.1, -0.05) is 11.6 Å². The van der Waals surface area contributed by atoms with E-state index < -0.39 is 0 Å². The Hall–Kier alpha value is -0.380. The molecule has 0 aliphatic heterocycles. The largest absolute Gasteiger partial charge is 0.398 e. The summed E-state index contributed by atoms with van der Waals surface area (Å²) in [5, 5.41) is 0.471. The lowest BCUT2D eigenvalue weighted by molar-refractivity contribution is 0.664. The van der Waals surface area contributed by atoms with Gasteiger partial charge in [-0.15, -0.1) is 0 Å². The van der Waals surface area contributed by atoms with Crippen molar-refractivity contribution in [3.63, 3.8) is 0 Å². The van der Waals surface area contributed by atoms with Gasteiger partial charge in [0.15, 0.2) is 0 Å². The second-order valence-corrected chi connectivity index (χ2v) is 2.84. The predicted molar refractivity (Wildman–Crippen MR) is 44.4 cm³/mol. The number of nitrogens with two attached hydrogens (primary N) is 1. The van der Waals surface area contributed by atoms with Crippen LogP contribution in [0.4, 0.5) is 5.69 Å². The first-order valence-corrected chi connectivity index (χ1v) is 3.75. The van der Waals surface area contributed by atoms with Gasteiger partial charge in [0.2, 0.25) is 0 Å². The Morgan fingerprint density at radius 1 is 1.50 bits per heavy atom. The average molecular weight is 176 g/mol. The molecule has 0 aliphatic carbocycles. The first-order chi connectivity index (χ1) is 4.74. The molecule has 0 saturated heterocycles. The third-order valence-electron chi connectivity index (χ3n) is 1.08. The molecular formula is C6H6ClNOS. The molecule has 0 atom stereocenters. The fourth-order valence-corrected chi connectivity index (χ4v) is 1.11. The van der Waals surface area contributed by atoms with E-state index in [1.54, 1.807) is 18.2 Å². The molecule has 1 rings (SSSR count). The number of rotatable bonds is 1. The standard InChI is InChI=1S/C6H6ClNOS/c7-5-3-4(10-9)1-2-6(5)8/h1-3,9H,8H2. The van der Waals surface area contributed by atoms with E-state index in [0.29, 0.717) is 27.6 Å². The molecule has 2 nitrogen and oxygen atoms in total. The van der Waals surface area contributed by atoms with E-state index in [9.17, 15) is 0 Å². The molecular weight excluding hydrogens is 170 g/mol. The number of halogens is 1. The summed E-state index contributed by atoms with van der Waals surface area (Å²) >= 11 is 6.29. The van der Waals surface area contributed by atoms with Gasteiger partial charge in [-0.2, -0.15) is 0 Å². The van der Waals surface area contributed by atoms with Crippen molar-refractivity contribution < 1.29 is 4.55 Å². The van der Waals surface area contributed by atoms with Crippen LogP contribution in [0.3, 0.4) is 0 Å². The molecule has 0 fully saturated rings. The maximum absolute atomic E-state index is 8.57. The van der Waals surface area contributed by atoms with Gasteiger partial charge in [-0.25, -0.2) is 0 Å². The van der Waals surface area contributed by atoms with Crippen LogP contribution in [0, 0.1) is 0 Å². The minimum atomic E-state index is 0.471. The Morgan fingerprint density at radius 2 is 2.20 bits per heavy atom.